The van der Waals surface area contributed by atoms with E-state index in [4.69, 9.17) is 19.1 Å². The summed E-state index contributed by atoms with van der Waals surface area (Å²) in [5, 5.41) is 4.35. The third-order valence-electron chi connectivity index (χ3n) is 11.9. The van der Waals surface area contributed by atoms with Gasteiger partial charge in [0.2, 0.25) is 0 Å². The Morgan fingerprint density at radius 2 is 1.27 bits per heavy atom. The summed E-state index contributed by atoms with van der Waals surface area (Å²) in [5.74, 6) is 2.89. The van der Waals surface area contributed by atoms with Gasteiger partial charge in [0.15, 0.2) is 0 Å². The fraction of sp³-hybridized carbons (Fsp3) is 0.132. The summed E-state index contributed by atoms with van der Waals surface area (Å²) >= 11 is 0. The Balaban J connectivity index is 1.06. The lowest BCUT2D eigenvalue weighted by Crippen LogP contribution is -2.09. The van der Waals surface area contributed by atoms with Crippen LogP contribution in [0, 0.1) is 6.92 Å². The molecule has 0 spiro atoms. The monoisotopic (exact) mass is 766 g/mol. The van der Waals surface area contributed by atoms with Crippen LogP contribution in [0.3, 0.4) is 0 Å². The highest BCUT2D eigenvalue weighted by Crippen LogP contribution is 2.42. The molecule has 0 atom stereocenters. The van der Waals surface area contributed by atoms with Gasteiger partial charge in [0.1, 0.15) is 28.6 Å². The predicted molar refractivity (Wildman–Crippen MR) is 242 cm³/mol. The molecule has 0 bridgehead atoms. The summed E-state index contributed by atoms with van der Waals surface area (Å²) in [7, 11) is 0. The van der Waals surface area contributed by atoms with Crippen molar-refractivity contribution in [2.45, 2.75) is 46.5 Å². The number of fused-ring (bicyclic) bond motifs is 10. The van der Waals surface area contributed by atoms with Crippen LogP contribution < -0.4 is 4.74 Å². The van der Waals surface area contributed by atoms with E-state index in [0.29, 0.717) is 0 Å². The third-order valence-corrected chi connectivity index (χ3v) is 11.9. The number of pyridine rings is 1. The highest BCUT2D eigenvalue weighted by molar-refractivity contribution is 6.15. The molecule has 4 aromatic heterocycles. The standard InChI is InChI=1S/C53H42N4O2/c1-31(2)42-27-37(34-14-7-6-8-15-34)28-43(32(3)4)50(42)57-48-21-12-10-19-45(48)54-52(57)36-16-13-17-38(26-36)59-39-22-23-40-41-18-9-11-20-47(41)56-49-33(5)51-35(24-25-58-51)29-46(49)55-53(56)44(40)30-39/h6-32H,1-5H3. The van der Waals surface area contributed by atoms with E-state index in [9.17, 15) is 0 Å². The number of hydrogen-bond acceptors (Lipinski definition) is 4. The molecular formula is C53H42N4O2. The Hall–Kier alpha value is -7.18. The molecule has 11 aromatic rings. The summed E-state index contributed by atoms with van der Waals surface area (Å²) in [6.45, 7) is 11.3. The second-order valence-corrected chi connectivity index (χ2v) is 16.3. The summed E-state index contributed by atoms with van der Waals surface area (Å²) in [5.41, 5.74) is 15.2. The van der Waals surface area contributed by atoms with Gasteiger partial charge in [-0.25, -0.2) is 9.97 Å². The Labute approximate surface area is 342 Å². The Morgan fingerprint density at radius 1 is 0.559 bits per heavy atom. The Kier molecular flexibility index (Phi) is 7.99. The van der Waals surface area contributed by atoms with Crippen LogP contribution in [0.15, 0.2) is 156 Å². The van der Waals surface area contributed by atoms with Crippen molar-refractivity contribution < 1.29 is 9.15 Å². The first-order chi connectivity index (χ1) is 28.8. The average Bonchev–Trinajstić information content (AvgIpc) is 4.00. The molecule has 0 saturated heterocycles. The normalized spacial score (nSPS) is 12.1. The maximum Gasteiger partial charge on any atom is 0.146 e. The van der Waals surface area contributed by atoms with E-state index in [1.165, 1.54) is 27.9 Å². The van der Waals surface area contributed by atoms with Gasteiger partial charge in [-0.15, -0.1) is 0 Å². The summed E-state index contributed by atoms with van der Waals surface area (Å²) in [4.78, 5) is 10.6. The quantitative estimate of drug-likeness (QED) is 0.152. The molecule has 0 amide bonds. The maximum absolute atomic E-state index is 6.78. The summed E-state index contributed by atoms with van der Waals surface area (Å²) in [6.07, 6.45) is 1.75. The number of nitrogens with zero attached hydrogens (tertiary/aromatic N) is 4. The molecule has 0 N–H and O–H groups in total. The van der Waals surface area contributed by atoms with Gasteiger partial charge in [0, 0.05) is 27.3 Å². The SMILES string of the molecule is Cc1c2occc2cc2nc3c4cc(Oc5cccc(-c6nc7ccccc7n6-c6c(C(C)C)cc(-c7ccccc7)cc6C(C)C)c5)ccc4c4ccccc4n3c12. The highest BCUT2D eigenvalue weighted by Gasteiger charge is 2.24. The number of hydrogen-bond donors (Lipinski definition) is 0. The molecule has 0 radical (unpaired) electrons. The molecule has 0 unspecified atom stereocenters. The lowest BCUT2D eigenvalue weighted by atomic mass is 9.88. The predicted octanol–water partition coefficient (Wildman–Crippen LogP) is 14.6. The van der Waals surface area contributed by atoms with Crippen LogP contribution in [0.4, 0.5) is 0 Å². The zero-order valence-electron chi connectivity index (χ0n) is 33.7. The molecule has 286 valence electrons. The molecular weight excluding hydrogens is 725 g/mol. The minimum absolute atomic E-state index is 0.272. The molecule has 11 rings (SSSR count). The van der Waals surface area contributed by atoms with E-state index in [-0.39, 0.29) is 11.8 Å². The number of rotatable bonds is 7. The number of imidazole rings is 2. The first-order valence-electron chi connectivity index (χ1n) is 20.4. The zero-order chi connectivity index (χ0) is 39.9. The minimum atomic E-state index is 0.272. The average molecular weight is 767 g/mol. The number of aryl methyl sites for hydroxylation is 1. The molecule has 6 heteroatoms. The topological polar surface area (TPSA) is 57.5 Å². The molecule has 7 aromatic carbocycles. The number of para-hydroxylation sites is 3. The lowest BCUT2D eigenvalue weighted by molar-refractivity contribution is 0.483. The number of benzene rings is 7. The molecule has 0 aliphatic rings. The van der Waals surface area contributed by atoms with Crippen molar-refractivity contribution in [1.29, 1.82) is 0 Å². The van der Waals surface area contributed by atoms with Crippen molar-refractivity contribution in [1.82, 2.24) is 18.9 Å². The van der Waals surface area contributed by atoms with Crippen LogP contribution in [-0.2, 0) is 0 Å². The Bertz CT molecular complexity index is 3410. The first kappa shape index (κ1) is 35.0. The van der Waals surface area contributed by atoms with Crippen molar-refractivity contribution in [2.75, 3.05) is 0 Å². The van der Waals surface area contributed by atoms with Gasteiger partial charge in [-0.3, -0.25) is 8.97 Å². The zero-order valence-corrected chi connectivity index (χ0v) is 33.7. The highest BCUT2D eigenvalue weighted by atomic mass is 16.5. The summed E-state index contributed by atoms with van der Waals surface area (Å²) < 4.78 is 17.4. The molecule has 0 aliphatic carbocycles. The van der Waals surface area contributed by atoms with E-state index in [1.54, 1.807) is 6.26 Å². The van der Waals surface area contributed by atoms with Gasteiger partial charge in [0.05, 0.1) is 39.5 Å². The van der Waals surface area contributed by atoms with Gasteiger partial charge in [-0.2, -0.15) is 0 Å². The fourth-order valence-electron chi connectivity index (χ4n) is 9.11. The minimum Gasteiger partial charge on any atom is -0.464 e. The van der Waals surface area contributed by atoms with Gasteiger partial charge in [0.25, 0.3) is 0 Å². The van der Waals surface area contributed by atoms with Crippen LogP contribution in [-0.4, -0.2) is 18.9 Å². The van der Waals surface area contributed by atoms with Gasteiger partial charge >= 0.3 is 0 Å². The van der Waals surface area contributed by atoms with Gasteiger partial charge in [-0.1, -0.05) is 100 Å². The smallest absolute Gasteiger partial charge is 0.146 e. The van der Waals surface area contributed by atoms with Crippen molar-refractivity contribution in [3.8, 4) is 39.7 Å². The largest absolute Gasteiger partial charge is 0.464 e. The lowest BCUT2D eigenvalue weighted by Gasteiger charge is -2.24. The second-order valence-electron chi connectivity index (χ2n) is 16.3. The van der Waals surface area contributed by atoms with E-state index in [2.05, 4.69) is 177 Å². The van der Waals surface area contributed by atoms with Crippen molar-refractivity contribution in [3.05, 3.63) is 169 Å². The summed E-state index contributed by atoms with van der Waals surface area (Å²) in [6, 6.07) is 51.3. The van der Waals surface area contributed by atoms with Crippen LogP contribution >= 0.6 is 0 Å². The molecule has 0 fully saturated rings. The van der Waals surface area contributed by atoms with Gasteiger partial charge < -0.3 is 9.15 Å². The number of aromatic nitrogens is 4. The molecule has 6 nitrogen and oxygen atoms in total. The van der Waals surface area contributed by atoms with E-state index in [0.717, 1.165) is 88.8 Å². The fourth-order valence-corrected chi connectivity index (χ4v) is 9.11. The van der Waals surface area contributed by atoms with E-state index >= 15 is 0 Å². The number of furan rings is 1. The van der Waals surface area contributed by atoms with Crippen LogP contribution in [0.1, 0.15) is 56.2 Å². The molecule has 0 aliphatic heterocycles. The molecule has 4 heterocycles. The van der Waals surface area contributed by atoms with E-state index in [1.807, 2.05) is 12.1 Å². The Morgan fingerprint density at radius 3 is 2.07 bits per heavy atom. The van der Waals surface area contributed by atoms with Crippen LogP contribution in [0.5, 0.6) is 11.5 Å². The van der Waals surface area contributed by atoms with E-state index < -0.39 is 0 Å². The second kappa shape index (κ2) is 13.5. The van der Waals surface area contributed by atoms with Crippen molar-refractivity contribution >= 4 is 60.4 Å². The molecule has 0 saturated carbocycles. The maximum atomic E-state index is 6.78. The third kappa shape index (κ3) is 5.54. The number of ether oxygens (including phenoxy) is 1. The first-order valence-corrected chi connectivity index (χ1v) is 20.4. The van der Waals surface area contributed by atoms with Crippen molar-refractivity contribution in [3.63, 3.8) is 0 Å². The van der Waals surface area contributed by atoms with Gasteiger partial charge in [-0.05, 0) is 119 Å². The van der Waals surface area contributed by atoms with Crippen LogP contribution in [0.25, 0.3) is 88.6 Å². The van der Waals surface area contributed by atoms with Crippen LogP contribution in [0.2, 0.25) is 0 Å². The molecule has 59 heavy (non-hydrogen) atoms. The van der Waals surface area contributed by atoms with Crippen molar-refractivity contribution in [2.24, 2.45) is 0 Å².